The van der Waals surface area contributed by atoms with Crippen LogP contribution in [0.15, 0.2) is 43.1 Å². The van der Waals surface area contributed by atoms with Crippen LogP contribution in [0.2, 0.25) is 0 Å². The fraction of sp³-hybridized carbons (Fsp3) is 0.214. The van der Waals surface area contributed by atoms with Gasteiger partial charge in [0.1, 0.15) is 6.54 Å². The van der Waals surface area contributed by atoms with Gasteiger partial charge in [0.15, 0.2) is 0 Å². The highest BCUT2D eigenvalue weighted by molar-refractivity contribution is 5.83. The van der Waals surface area contributed by atoms with Crippen LogP contribution in [0, 0.1) is 0 Å². The van der Waals surface area contributed by atoms with Gasteiger partial charge in [0.2, 0.25) is 5.91 Å². The first-order valence-corrected chi connectivity index (χ1v) is 5.81. The van der Waals surface area contributed by atoms with Gasteiger partial charge in [0, 0.05) is 18.3 Å². The number of amides is 1. The molecule has 0 radical (unpaired) electrons. The Morgan fingerprint density at radius 1 is 1.44 bits per heavy atom. The Morgan fingerprint density at radius 3 is 3.00 bits per heavy atom. The van der Waals surface area contributed by atoms with E-state index in [1.807, 2.05) is 35.0 Å². The van der Waals surface area contributed by atoms with Crippen molar-refractivity contribution in [2.24, 2.45) is 0 Å². The normalized spacial score (nSPS) is 10.5. The molecule has 1 aromatic heterocycles. The maximum atomic E-state index is 11.6. The molecular formula is C14H16N2O2. The van der Waals surface area contributed by atoms with Crippen LogP contribution in [0.25, 0.3) is 10.9 Å². The van der Waals surface area contributed by atoms with E-state index in [1.54, 1.807) is 6.08 Å². The van der Waals surface area contributed by atoms with E-state index in [0.29, 0.717) is 6.54 Å². The molecule has 0 aliphatic carbocycles. The fourth-order valence-electron chi connectivity index (χ4n) is 1.86. The molecule has 1 heterocycles. The third-order valence-corrected chi connectivity index (χ3v) is 2.78. The molecule has 0 spiro atoms. The number of hydrogen-bond donors (Lipinski definition) is 2. The molecule has 0 atom stereocenters. The van der Waals surface area contributed by atoms with Crippen LogP contribution in [-0.4, -0.2) is 22.1 Å². The number of hydrogen-bond acceptors (Lipinski definition) is 2. The Morgan fingerprint density at radius 2 is 2.28 bits per heavy atom. The highest BCUT2D eigenvalue weighted by Crippen LogP contribution is 2.17. The summed E-state index contributed by atoms with van der Waals surface area (Å²) in [4.78, 5) is 11.6. The minimum absolute atomic E-state index is 0.00375. The lowest BCUT2D eigenvalue weighted by Gasteiger charge is -2.06. The first kappa shape index (κ1) is 12.4. The Labute approximate surface area is 106 Å². The number of aromatic nitrogens is 1. The third kappa shape index (κ3) is 2.60. The summed E-state index contributed by atoms with van der Waals surface area (Å²) >= 11 is 0. The largest absolute Gasteiger partial charge is 0.392 e. The Bertz CT molecular complexity index is 572. The van der Waals surface area contributed by atoms with Crippen molar-refractivity contribution in [3.05, 3.63) is 48.7 Å². The summed E-state index contributed by atoms with van der Waals surface area (Å²) in [5, 5.41) is 12.9. The molecule has 0 saturated heterocycles. The molecule has 94 valence electrons. The fourth-order valence-corrected chi connectivity index (χ4v) is 1.86. The van der Waals surface area contributed by atoms with Gasteiger partial charge in [-0.25, -0.2) is 0 Å². The number of fused-ring (bicyclic) bond motifs is 1. The molecule has 18 heavy (non-hydrogen) atoms. The maximum Gasteiger partial charge on any atom is 0.240 e. The maximum absolute atomic E-state index is 11.6. The first-order valence-electron chi connectivity index (χ1n) is 5.81. The lowest BCUT2D eigenvalue weighted by Crippen LogP contribution is -2.27. The van der Waals surface area contributed by atoms with Crippen LogP contribution in [-0.2, 0) is 17.9 Å². The van der Waals surface area contributed by atoms with E-state index in [1.165, 1.54) is 0 Å². The van der Waals surface area contributed by atoms with Gasteiger partial charge < -0.3 is 15.0 Å². The highest BCUT2D eigenvalue weighted by Gasteiger charge is 2.06. The van der Waals surface area contributed by atoms with Crippen LogP contribution in [0.4, 0.5) is 0 Å². The van der Waals surface area contributed by atoms with E-state index in [-0.39, 0.29) is 19.1 Å². The summed E-state index contributed by atoms with van der Waals surface area (Å²) in [7, 11) is 0. The highest BCUT2D eigenvalue weighted by atomic mass is 16.3. The second kappa shape index (κ2) is 5.51. The minimum atomic E-state index is -0.0539. The quantitative estimate of drug-likeness (QED) is 0.782. The zero-order chi connectivity index (χ0) is 13.0. The van der Waals surface area contributed by atoms with Gasteiger partial charge in [0.25, 0.3) is 0 Å². The number of nitrogens with one attached hydrogen (secondary N) is 1. The van der Waals surface area contributed by atoms with Crippen molar-refractivity contribution >= 4 is 16.8 Å². The smallest absolute Gasteiger partial charge is 0.240 e. The molecule has 2 aromatic rings. The van der Waals surface area contributed by atoms with E-state index in [9.17, 15) is 4.79 Å². The SMILES string of the molecule is C=CCNC(=O)Cn1ccc2ccc(CO)cc21. The van der Waals surface area contributed by atoms with Crippen molar-refractivity contribution < 1.29 is 9.90 Å². The second-order valence-corrected chi connectivity index (χ2v) is 4.09. The average Bonchev–Trinajstić information content (AvgIpc) is 2.78. The van der Waals surface area contributed by atoms with Crippen molar-refractivity contribution in [3.63, 3.8) is 0 Å². The Balaban J connectivity index is 2.22. The van der Waals surface area contributed by atoms with Gasteiger partial charge >= 0.3 is 0 Å². The van der Waals surface area contributed by atoms with Gasteiger partial charge in [-0.1, -0.05) is 18.2 Å². The van der Waals surface area contributed by atoms with Gasteiger partial charge in [-0.05, 0) is 23.1 Å². The molecule has 0 aliphatic heterocycles. The molecule has 0 saturated carbocycles. The van der Waals surface area contributed by atoms with Gasteiger partial charge in [-0.2, -0.15) is 0 Å². The van der Waals surface area contributed by atoms with E-state index in [0.717, 1.165) is 16.5 Å². The number of nitrogens with zero attached hydrogens (tertiary/aromatic N) is 1. The molecule has 0 unspecified atom stereocenters. The first-order chi connectivity index (χ1) is 8.74. The molecule has 0 bridgehead atoms. The molecule has 4 nitrogen and oxygen atoms in total. The summed E-state index contributed by atoms with van der Waals surface area (Å²) in [5.74, 6) is -0.0539. The number of aliphatic hydroxyl groups is 1. The van der Waals surface area contributed by atoms with Crippen molar-refractivity contribution in [1.82, 2.24) is 9.88 Å². The molecule has 0 aliphatic rings. The molecule has 1 amide bonds. The summed E-state index contributed by atoms with van der Waals surface area (Å²) in [6, 6.07) is 7.68. The number of rotatable bonds is 5. The zero-order valence-electron chi connectivity index (χ0n) is 10.1. The van der Waals surface area contributed by atoms with E-state index < -0.39 is 0 Å². The van der Waals surface area contributed by atoms with Crippen LogP contribution in [0.5, 0.6) is 0 Å². The van der Waals surface area contributed by atoms with E-state index in [4.69, 9.17) is 5.11 Å². The zero-order valence-corrected chi connectivity index (χ0v) is 10.1. The summed E-state index contributed by atoms with van der Waals surface area (Å²) in [5.41, 5.74) is 1.80. The predicted molar refractivity (Wildman–Crippen MR) is 71.1 cm³/mol. The molecule has 0 fully saturated rings. The van der Waals surface area contributed by atoms with Crippen LogP contribution >= 0.6 is 0 Å². The number of benzene rings is 1. The monoisotopic (exact) mass is 244 g/mol. The van der Waals surface area contributed by atoms with Gasteiger partial charge in [-0.15, -0.1) is 6.58 Å². The number of carbonyl (C=O) groups excluding carboxylic acids is 1. The lowest BCUT2D eigenvalue weighted by atomic mass is 10.2. The van der Waals surface area contributed by atoms with E-state index in [2.05, 4.69) is 11.9 Å². The molecule has 2 rings (SSSR count). The molecular weight excluding hydrogens is 228 g/mol. The standard InChI is InChI=1S/C14H16N2O2/c1-2-6-15-14(18)9-16-7-5-12-4-3-11(10-17)8-13(12)16/h2-5,7-8,17H,1,6,9-10H2,(H,15,18). The van der Waals surface area contributed by atoms with Crippen LogP contribution in [0.3, 0.4) is 0 Å². The predicted octanol–water partition coefficient (Wildman–Crippen LogP) is 1.44. The summed E-state index contributed by atoms with van der Waals surface area (Å²) in [6.07, 6.45) is 3.52. The van der Waals surface area contributed by atoms with Crippen molar-refractivity contribution in [1.29, 1.82) is 0 Å². The summed E-state index contributed by atoms with van der Waals surface area (Å²) < 4.78 is 1.87. The van der Waals surface area contributed by atoms with Crippen LogP contribution < -0.4 is 5.32 Å². The Kier molecular flexibility index (Phi) is 3.79. The number of aliphatic hydroxyl groups excluding tert-OH is 1. The third-order valence-electron chi connectivity index (χ3n) is 2.78. The average molecular weight is 244 g/mol. The van der Waals surface area contributed by atoms with Crippen molar-refractivity contribution in [2.45, 2.75) is 13.2 Å². The van der Waals surface area contributed by atoms with Crippen molar-refractivity contribution in [3.8, 4) is 0 Å². The molecule has 2 N–H and O–H groups in total. The molecule has 4 heteroatoms. The second-order valence-electron chi connectivity index (χ2n) is 4.09. The topological polar surface area (TPSA) is 54.3 Å². The summed E-state index contributed by atoms with van der Waals surface area (Å²) in [6.45, 7) is 4.30. The Hall–Kier alpha value is -2.07. The van der Waals surface area contributed by atoms with Crippen molar-refractivity contribution in [2.75, 3.05) is 6.54 Å². The van der Waals surface area contributed by atoms with Gasteiger partial charge in [0.05, 0.1) is 6.61 Å². The number of carbonyl (C=O) groups is 1. The van der Waals surface area contributed by atoms with Gasteiger partial charge in [-0.3, -0.25) is 4.79 Å². The van der Waals surface area contributed by atoms with E-state index >= 15 is 0 Å². The minimum Gasteiger partial charge on any atom is -0.392 e. The van der Waals surface area contributed by atoms with Crippen LogP contribution in [0.1, 0.15) is 5.56 Å². The molecule has 1 aromatic carbocycles. The lowest BCUT2D eigenvalue weighted by molar-refractivity contribution is -0.121.